The summed E-state index contributed by atoms with van der Waals surface area (Å²) in [5, 5.41) is 0. The van der Waals surface area contributed by atoms with Crippen LogP contribution in [-0.4, -0.2) is 0 Å². The van der Waals surface area contributed by atoms with Gasteiger partial charge >= 0.3 is 0 Å². The second-order valence-electron chi connectivity index (χ2n) is 5.37. The molecular formula is C10H16. The molecule has 3 saturated carbocycles. The topological polar surface area (TPSA) is 0 Å². The summed E-state index contributed by atoms with van der Waals surface area (Å²) >= 11 is 0. The fraction of sp³-hybridized carbons (Fsp3) is 1.00. The van der Waals surface area contributed by atoms with Crippen LogP contribution >= 0.6 is 0 Å². The Morgan fingerprint density at radius 3 is 2.00 bits per heavy atom. The summed E-state index contributed by atoms with van der Waals surface area (Å²) in [7, 11) is 0. The number of hydrogen-bond acceptors (Lipinski definition) is 0. The minimum Gasteiger partial charge on any atom is -0.0625 e. The van der Waals surface area contributed by atoms with Gasteiger partial charge in [-0.05, 0) is 55.3 Å². The van der Waals surface area contributed by atoms with Crippen molar-refractivity contribution >= 4 is 0 Å². The molecule has 0 unspecified atom stereocenters. The summed E-state index contributed by atoms with van der Waals surface area (Å²) in [5.74, 6) is 1.07. The summed E-state index contributed by atoms with van der Waals surface area (Å²) in [6.45, 7) is 2.41. The monoisotopic (exact) mass is 136 g/mol. The molecule has 0 N–H and O–H groups in total. The first-order valence-electron chi connectivity index (χ1n) is 4.72. The van der Waals surface area contributed by atoms with Crippen molar-refractivity contribution in [2.45, 2.75) is 45.4 Å². The van der Waals surface area contributed by atoms with Gasteiger partial charge in [-0.2, -0.15) is 0 Å². The summed E-state index contributed by atoms with van der Waals surface area (Å²) in [6.07, 6.45) is 9.50. The van der Waals surface area contributed by atoms with Gasteiger partial charge in [0.05, 0.1) is 0 Å². The molecule has 2 spiro atoms. The predicted molar refractivity (Wildman–Crippen MR) is 41.7 cm³/mol. The average Bonchev–Trinajstić information content (AvgIpc) is 2.40. The molecule has 56 valence electrons. The first kappa shape index (κ1) is 5.62. The Balaban J connectivity index is 1.67. The Morgan fingerprint density at radius 2 is 1.60 bits per heavy atom. The van der Waals surface area contributed by atoms with Gasteiger partial charge in [0.25, 0.3) is 0 Å². The van der Waals surface area contributed by atoms with E-state index in [0.29, 0.717) is 0 Å². The highest BCUT2D eigenvalue weighted by Gasteiger charge is 2.63. The van der Waals surface area contributed by atoms with E-state index in [4.69, 9.17) is 0 Å². The van der Waals surface area contributed by atoms with Crippen molar-refractivity contribution in [2.75, 3.05) is 0 Å². The van der Waals surface area contributed by atoms with Gasteiger partial charge in [-0.3, -0.25) is 0 Å². The lowest BCUT2D eigenvalue weighted by Gasteiger charge is -2.58. The van der Waals surface area contributed by atoms with E-state index in [2.05, 4.69) is 6.92 Å². The third-order valence-electron chi connectivity index (χ3n) is 4.02. The van der Waals surface area contributed by atoms with Crippen LogP contribution in [0.1, 0.15) is 45.4 Å². The standard InChI is InChI=1S/C10H16/c1-8-4-10(5-8)6-9(7-10)2-3-9/h8H,2-7H2,1H3. The van der Waals surface area contributed by atoms with Crippen LogP contribution in [0.3, 0.4) is 0 Å². The summed E-state index contributed by atoms with van der Waals surface area (Å²) in [5.41, 5.74) is 1.86. The summed E-state index contributed by atoms with van der Waals surface area (Å²) in [4.78, 5) is 0. The zero-order valence-corrected chi connectivity index (χ0v) is 6.82. The number of rotatable bonds is 0. The molecule has 0 atom stereocenters. The van der Waals surface area contributed by atoms with E-state index in [9.17, 15) is 0 Å². The maximum Gasteiger partial charge on any atom is -0.0282 e. The Bertz CT molecular complexity index is 160. The minimum atomic E-state index is 0.913. The number of hydrogen-bond donors (Lipinski definition) is 0. The molecule has 0 nitrogen and oxygen atoms in total. The fourth-order valence-corrected chi connectivity index (χ4v) is 3.78. The van der Waals surface area contributed by atoms with Gasteiger partial charge in [0.1, 0.15) is 0 Å². The van der Waals surface area contributed by atoms with E-state index in [0.717, 1.165) is 16.7 Å². The molecule has 3 rings (SSSR count). The van der Waals surface area contributed by atoms with Crippen molar-refractivity contribution in [1.82, 2.24) is 0 Å². The molecule has 3 aliphatic carbocycles. The molecule has 0 aliphatic heterocycles. The lowest BCUT2D eigenvalue weighted by molar-refractivity contribution is -0.0745. The van der Waals surface area contributed by atoms with Crippen molar-refractivity contribution in [1.29, 1.82) is 0 Å². The third-order valence-corrected chi connectivity index (χ3v) is 4.02. The molecule has 0 heterocycles. The van der Waals surface area contributed by atoms with E-state index in [-0.39, 0.29) is 0 Å². The smallest absolute Gasteiger partial charge is 0.0282 e. The highest BCUT2D eigenvalue weighted by atomic mass is 14.7. The molecule has 0 amide bonds. The van der Waals surface area contributed by atoms with E-state index in [1.165, 1.54) is 0 Å². The first-order valence-corrected chi connectivity index (χ1v) is 4.72. The van der Waals surface area contributed by atoms with Crippen molar-refractivity contribution in [3.63, 3.8) is 0 Å². The Morgan fingerprint density at radius 1 is 1.00 bits per heavy atom. The van der Waals surface area contributed by atoms with Crippen LogP contribution in [0, 0.1) is 16.7 Å². The van der Waals surface area contributed by atoms with E-state index in [1.807, 2.05) is 0 Å². The maximum atomic E-state index is 2.41. The zero-order chi connectivity index (χ0) is 6.82. The van der Waals surface area contributed by atoms with Crippen LogP contribution in [0.15, 0.2) is 0 Å². The quantitative estimate of drug-likeness (QED) is 0.480. The van der Waals surface area contributed by atoms with E-state index in [1.54, 1.807) is 38.5 Å². The van der Waals surface area contributed by atoms with Gasteiger partial charge in [0.2, 0.25) is 0 Å². The lowest BCUT2D eigenvalue weighted by atomic mass is 9.47. The second kappa shape index (κ2) is 1.31. The van der Waals surface area contributed by atoms with Crippen LogP contribution < -0.4 is 0 Å². The van der Waals surface area contributed by atoms with Gasteiger partial charge in [-0.1, -0.05) is 6.92 Å². The molecular weight excluding hydrogens is 120 g/mol. The first-order chi connectivity index (χ1) is 4.72. The third kappa shape index (κ3) is 0.538. The van der Waals surface area contributed by atoms with Gasteiger partial charge in [0.15, 0.2) is 0 Å². The molecule has 0 aromatic carbocycles. The lowest BCUT2D eigenvalue weighted by Crippen LogP contribution is -2.47. The molecule has 10 heavy (non-hydrogen) atoms. The molecule has 3 aliphatic rings. The molecule has 0 bridgehead atoms. The SMILES string of the molecule is CC1CC2(C1)CC1(CC1)C2. The van der Waals surface area contributed by atoms with Crippen molar-refractivity contribution in [3.05, 3.63) is 0 Å². The molecule has 0 radical (unpaired) electrons. The molecule has 0 heteroatoms. The van der Waals surface area contributed by atoms with Gasteiger partial charge < -0.3 is 0 Å². The zero-order valence-electron chi connectivity index (χ0n) is 6.82. The van der Waals surface area contributed by atoms with Crippen LogP contribution in [0.2, 0.25) is 0 Å². The van der Waals surface area contributed by atoms with E-state index < -0.39 is 0 Å². The van der Waals surface area contributed by atoms with Gasteiger partial charge in [-0.15, -0.1) is 0 Å². The Kier molecular flexibility index (Phi) is 0.735. The van der Waals surface area contributed by atoms with Gasteiger partial charge in [0, 0.05) is 0 Å². The molecule has 0 saturated heterocycles. The molecule has 0 aromatic heterocycles. The maximum absolute atomic E-state index is 2.41. The van der Waals surface area contributed by atoms with Crippen LogP contribution in [0.4, 0.5) is 0 Å². The van der Waals surface area contributed by atoms with Crippen molar-refractivity contribution < 1.29 is 0 Å². The minimum absolute atomic E-state index is 0.913. The Hall–Kier alpha value is 0. The van der Waals surface area contributed by atoms with Crippen LogP contribution in [0.25, 0.3) is 0 Å². The van der Waals surface area contributed by atoms with E-state index >= 15 is 0 Å². The van der Waals surface area contributed by atoms with Crippen LogP contribution in [0.5, 0.6) is 0 Å². The summed E-state index contributed by atoms with van der Waals surface area (Å²) < 4.78 is 0. The summed E-state index contributed by atoms with van der Waals surface area (Å²) in [6, 6.07) is 0. The van der Waals surface area contributed by atoms with Crippen molar-refractivity contribution in [3.8, 4) is 0 Å². The fourth-order valence-electron chi connectivity index (χ4n) is 3.78. The molecule has 3 fully saturated rings. The largest absolute Gasteiger partial charge is 0.0625 e. The Labute approximate surface area is 63.0 Å². The highest BCUT2D eigenvalue weighted by Crippen LogP contribution is 2.75. The highest BCUT2D eigenvalue weighted by molar-refractivity contribution is 5.14. The molecule has 0 aromatic rings. The van der Waals surface area contributed by atoms with Crippen LogP contribution in [-0.2, 0) is 0 Å². The predicted octanol–water partition coefficient (Wildman–Crippen LogP) is 2.98. The normalized spacial score (nSPS) is 39.3. The van der Waals surface area contributed by atoms with Gasteiger partial charge in [-0.25, -0.2) is 0 Å². The average molecular weight is 136 g/mol. The second-order valence-corrected chi connectivity index (χ2v) is 5.37. The van der Waals surface area contributed by atoms with Crippen molar-refractivity contribution in [2.24, 2.45) is 16.7 Å².